The summed E-state index contributed by atoms with van der Waals surface area (Å²) >= 11 is 3.69. The van der Waals surface area contributed by atoms with Crippen molar-refractivity contribution in [2.75, 3.05) is 12.5 Å². The van der Waals surface area contributed by atoms with E-state index in [1.165, 1.54) is 15.5 Å². The van der Waals surface area contributed by atoms with Crippen LogP contribution in [0.5, 0.6) is 0 Å². The Balaban J connectivity index is 3.11. The predicted molar refractivity (Wildman–Crippen MR) is 59.8 cm³/mol. The molecule has 0 radical (unpaired) electrons. The van der Waals surface area contributed by atoms with Gasteiger partial charge in [0.25, 0.3) is 0 Å². The molecule has 0 atom stereocenters. The first-order valence-corrected chi connectivity index (χ1v) is 6.42. The minimum atomic E-state index is 0.141. The van der Waals surface area contributed by atoms with Crippen LogP contribution in [0.4, 0.5) is 0 Å². The van der Waals surface area contributed by atoms with Gasteiger partial charge in [-0.1, -0.05) is 0 Å². The Bertz CT molecular complexity index is 251. The van der Waals surface area contributed by atoms with E-state index in [4.69, 9.17) is 0 Å². The van der Waals surface area contributed by atoms with E-state index in [9.17, 15) is 0 Å². The van der Waals surface area contributed by atoms with Gasteiger partial charge in [0.1, 0.15) is 0 Å². The van der Waals surface area contributed by atoms with Gasteiger partial charge in [-0.3, -0.25) is 0 Å². The molecule has 3 heteroatoms. The molecule has 0 spiro atoms. The van der Waals surface area contributed by atoms with Crippen LogP contribution in [0, 0.1) is 0 Å². The van der Waals surface area contributed by atoms with Crippen LogP contribution in [0.1, 0.15) is 20.8 Å². The fraction of sp³-hybridized carbons (Fsp3) is 0.667. The van der Waals surface area contributed by atoms with Crippen LogP contribution in [-0.4, -0.2) is 23.8 Å². The number of hydrogen-bond donors (Lipinski definition) is 1. The molecular formula is C9H16NS2+. The first kappa shape index (κ1) is 10.2. The highest BCUT2D eigenvalue weighted by atomic mass is 32.2. The SMILES string of the molecule is CSC1=C(SC)C(C)(C)[NH+]=C1C. The van der Waals surface area contributed by atoms with Crippen molar-refractivity contribution in [2.45, 2.75) is 26.3 Å². The molecule has 0 fully saturated rings. The monoisotopic (exact) mass is 202 g/mol. The van der Waals surface area contributed by atoms with E-state index in [2.05, 4.69) is 38.3 Å². The summed E-state index contributed by atoms with van der Waals surface area (Å²) in [7, 11) is 0. The summed E-state index contributed by atoms with van der Waals surface area (Å²) in [4.78, 5) is 6.38. The number of hydrogen-bond acceptors (Lipinski definition) is 2. The van der Waals surface area contributed by atoms with E-state index in [-0.39, 0.29) is 5.54 Å². The zero-order chi connectivity index (χ0) is 9.35. The van der Waals surface area contributed by atoms with E-state index in [1.54, 1.807) is 0 Å². The Morgan fingerprint density at radius 1 is 1.17 bits per heavy atom. The van der Waals surface area contributed by atoms with Crippen LogP contribution in [0.3, 0.4) is 0 Å². The average Bonchev–Trinajstić information content (AvgIpc) is 2.18. The van der Waals surface area contributed by atoms with Crippen LogP contribution in [0.15, 0.2) is 9.81 Å². The largest absolute Gasteiger partial charge is 0.235 e. The highest BCUT2D eigenvalue weighted by Crippen LogP contribution is 2.33. The lowest BCUT2D eigenvalue weighted by Gasteiger charge is -2.11. The molecule has 1 aliphatic rings. The molecule has 0 aromatic rings. The maximum Gasteiger partial charge on any atom is 0.187 e. The van der Waals surface area contributed by atoms with Gasteiger partial charge < -0.3 is 0 Å². The molecular weight excluding hydrogens is 186 g/mol. The van der Waals surface area contributed by atoms with E-state index < -0.39 is 0 Å². The Morgan fingerprint density at radius 3 is 2.08 bits per heavy atom. The van der Waals surface area contributed by atoms with Crippen molar-refractivity contribution in [1.29, 1.82) is 0 Å². The standard InChI is InChI=1S/C9H15NS2/c1-6-7(11-4)8(12-5)9(2,3)10-6/h1-5H3/p+1. The van der Waals surface area contributed by atoms with Gasteiger partial charge in [0.15, 0.2) is 11.3 Å². The van der Waals surface area contributed by atoms with E-state index in [0.717, 1.165) is 0 Å². The molecule has 0 unspecified atom stereocenters. The summed E-state index contributed by atoms with van der Waals surface area (Å²) in [5, 5.41) is 0. The molecule has 0 saturated carbocycles. The Labute approximate surface area is 83.1 Å². The van der Waals surface area contributed by atoms with Crippen molar-refractivity contribution in [1.82, 2.24) is 0 Å². The van der Waals surface area contributed by atoms with Gasteiger partial charge in [-0.2, -0.15) is 0 Å². The summed E-state index contributed by atoms with van der Waals surface area (Å²) in [6, 6.07) is 0. The number of allylic oxidation sites excluding steroid dienone is 1. The van der Waals surface area contributed by atoms with Crippen LogP contribution in [-0.2, 0) is 0 Å². The number of rotatable bonds is 2. The van der Waals surface area contributed by atoms with Crippen molar-refractivity contribution in [3.05, 3.63) is 9.81 Å². The fourth-order valence-electron chi connectivity index (χ4n) is 1.63. The average molecular weight is 202 g/mol. The quantitative estimate of drug-likeness (QED) is 0.724. The van der Waals surface area contributed by atoms with Crippen molar-refractivity contribution in [3.8, 4) is 0 Å². The highest BCUT2D eigenvalue weighted by molar-refractivity contribution is 8.06. The second-order valence-electron chi connectivity index (χ2n) is 3.44. The van der Waals surface area contributed by atoms with Crippen molar-refractivity contribution in [2.24, 2.45) is 0 Å². The van der Waals surface area contributed by atoms with E-state index >= 15 is 0 Å². The van der Waals surface area contributed by atoms with E-state index in [1.807, 2.05) is 23.5 Å². The Morgan fingerprint density at radius 2 is 1.75 bits per heavy atom. The Hall–Kier alpha value is 0.110. The van der Waals surface area contributed by atoms with Crippen LogP contribution < -0.4 is 4.99 Å². The van der Waals surface area contributed by atoms with Crippen LogP contribution in [0.25, 0.3) is 0 Å². The normalized spacial score (nSPS) is 21.6. The van der Waals surface area contributed by atoms with Gasteiger partial charge >= 0.3 is 0 Å². The second kappa shape index (κ2) is 3.46. The third kappa shape index (κ3) is 1.57. The minimum absolute atomic E-state index is 0.141. The van der Waals surface area contributed by atoms with Gasteiger partial charge in [0.2, 0.25) is 0 Å². The number of nitrogens with one attached hydrogen (secondary N) is 1. The lowest BCUT2D eigenvalue weighted by atomic mass is 10.1. The molecule has 0 saturated heterocycles. The maximum absolute atomic E-state index is 3.50. The molecule has 68 valence electrons. The summed E-state index contributed by atoms with van der Waals surface area (Å²) in [6.07, 6.45) is 4.28. The first-order chi connectivity index (χ1) is 5.53. The van der Waals surface area contributed by atoms with Crippen molar-refractivity contribution >= 4 is 29.2 Å². The maximum atomic E-state index is 3.50. The third-order valence-electron chi connectivity index (χ3n) is 2.02. The second-order valence-corrected chi connectivity index (χ2v) is 5.07. The topological polar surface area (TPSA) is 14.0 Å². The fourth-order valence-corrected chi connectivity index (χ4v) is 3.83. The lowest BCUT2D eigenvalue weighted by Crippen LogP contribution is -2.82. The summed E-state index contributed by atoms with van der Waals surface area (Å²) in [5.41, 5.74) is 1.46. The molecule has 0 aromatic carbocycles. The van der Waals surface area contributed by atoms with Crippen LogP contribution in [0.2, 0.25) is 0 Å². The molecule has 1 heterocycles. The molecule has 0 bridgehead atoms. The first-order valence-electron chi connectivity index (χ1n) is 3.97. The molecule has 0 aliphatic carbocycles. The van der Waals surface area contributed by atoms with Gasteiger partial charge in [-0.05, 0) is 12.5 Å². The molecule has 1 rings (SSSR count). The van der Waals surface area contributed by atoms with E-state index in [0.29, 0.717) is 0 Å². The predicted octanol–water partition coefficient (Wildman–Crippen LogP) is 1.26. The van der Waals surface area contributed by atoms with Crippen molar-refractivity contribution in [3.63, 3.8) is 0 Å². The molecule has 1 N–H and O–H groups in total. The molecule has 0 aromatic heterocycles. The zero-order valence-electron chi connectivity index (χ0n) is 8.32. The minimum Gasteiger partial charge on any atom is -0.235 e. The van der Waals surface area contributed by atoms with Crippen LogP contribution >= 0.6 is 23.5 Å². The molecule has 12 heavy (non-hydrogen) atoms. The van der Waals surface area contributed by atoms with Crippen molar-refractivity contribution < 1.29 is 4.99 Å². The van der Waals surface area contributed by atoms with Gasteiger partial charge in [-0.15, -0.1) is 23.5 Å². The van der Waals surface area contributed by atoms with Gasteiger partial charge in [0, 0.05) is 20.8 Å². The summed E-state index contributed by atoms with van der Waals surface area (Å²) in [6.45, 7) is 6.61. The summed E-state index contributed by atoms with van der Waals surface area (Å²) < 4.78 is 0. The molecule has 1 nitrogen and oxygen atoms in total. The number of thioether (sulfide) groups is 2. The van der Waals surface area contributed by atoms with Gasteiger partial charge in [0.05, 0.1) is 9.81 Å². The van der Waals surface area contributed by atoms with Gasteiger partial charge in [-0.25, -0.2) is 4.99 Å². The molecule has 0 amide bonds. The summed E-state index contributed by atoms with van der Waals surface area (Å²) in [5.74, 6) is 0. The third-order valence-corrected chi connectivity index (χ3v) is 4.19. The Kier molecular flexibility index (Phi) is 2.94. The smallest absolute Gasteiger partial charge is 0.187 e. The highest BCUT2D eigenvalue weighted by Gasteiger charge is 2.38. The lowest BCUT2D eigenvalue weighted by molar-refractivity contribution is -0.524. The molecule has 1 aliphatic heterocycles. The zero-order valence-corrected chi connectivity index (χ0v) is 9.95.